The maximum atomic E-state index is 6.50. The van der Waals surface area contributed by atoms with E-state index >= 15 is 0 Å². The molecule has 0 radical (unpaired) electrons. The van der Waals surface area contributed by atoms with Crippen molar-refractivity contribution in [3.8, 4) is 5.75 Å². The van der Waals surface area contributed by atoms with Gasteiger partial charge in [-0.1, -0.05) is 30.1 Å². The fourth-order valence-corrected chi connectivity index (χ4v) is 3.41. The number of morpholine rings is 1. The fourth-order valence-electron chi connectivity index (χ4n) is 2.91. The minimum atomic E-state index is 0.618. The molecule has 0 unspecified atom stereocenters. The Morgan fingerprint density at radius 3 is 2.65 bits per heavy atom. The monoisotopic (exact) mass is 394 g/mol. The van der Waals surface area contributed by atoms with E-state index in [2.05, 4.69) is 23.2 Å². The molecule has 1 N–H and O–H groups in total. The van der Waals surface area contributed by atoms with Gasteiger partial charge in [0.1, 0.15) is 5.75 Å². The van der Waals surface area contributed by atoms with Gasteiger partial charge in [0.25, 0.3) is 0 Å². The zero-order valence-electron chi connectivity index (χ0n) is 14.9. The third-order valence-corrected chi connectivity index (χ3v) is 4.80. The molecule has 0 aliphatic carbocycles. The molecule has 4 nitrogen and oxygen atoms in total. The van der Waals surface area contributed by atoms with E-state index in [0.717, 1.165) is 60.4 Å². The maximum Gasteiger partial charge on any atom is 0.124 e. The Balaban J connectivity index is 1.68. The van der Waals surface area contributed by atoms with Gasteiger partial charge in [0.15, 0.2) is 0 Å². The van der Waals surface area contributed by atoms with Gasteiger partial charge >= 0.3 is 0 Å². The van der Waals surface area contributed by atoms with Gasteiger partial charge in [-0.3, -0.25) is 0 Å². The Labute approximate surface area is 165 Å². The lowest BCUT2D eigenvalue weighted by Gasteiger charge is -2.29. The highest BCUT2D eigenvalue weighted by atomic mass is 35.5. The molecule has 0 saturated carbocycles. The van der Waals surface area contributed by atoms with Crippen LogP contribution in [0.15, 0.2) is 36.4 Å². The average Bonchev–Trinajstić information content (AvgIpc) is 2.66. The van der Waals surface area contributed by atoms with E-state index in [1.165, 1.54) is 0 Å². The lowest BCUT2D eigenvalue weighted by molar-refractivity contribution is 0.122. The standard InChI is InChI=1S/C20H24Cl2N2O2/c1-2-9-26-20-6-3-16(21)12-15(20)14-23-17-4-5-19(18(22)13-17)24-7-10-25-11-8-24/h3-6,12-13,23H,2,7-11,14H2,1H3. The zero-order chi connectivity index (χ0) is 18.4. The predicted octanol–water partition coefficient (Wildman–Crippen LogP) is 5.23. The van der Waals surface area contributed by atoms with Crippen molar-refractivity contribution in [1.82, 2.24) is 0 Å². The SMILES string of the molecule is CCCOc1ccc(Cl)cc1CNc1ccc(N2CCOCC2)c(Cl)c1. The summed E-state index contributed by atoms with van der Waals surface area (Å²) in [6.45, 7) is 6.62. The molecule has 0 bridgehead atoms. The van der Waals surface area contributed by atoms with Crippen LogP contribution in [0.2, 0.25) is 10.0 Å². The van der Waals surface area contributed by atoms with Gasteiger partial charge in [0.2, 0.25) is 0 Å². The van der Waals surface area contributed by atoms with Crippen molar-refractivity contribution in [1.29, 1.82) is 0 Å². The third-order valence-electron chi connectivity index (χ3n) is 4.27. The highest BCUT2D eigenvalue weighted by molar-refractivity contribution is 6.33. The normalized spacial score (nSPS) is 14.3. The number of ether oxygens (including phenoxy) is 2. The second kappa shape index (κ2) is 9.36. The smallest absolute Gasteiger partial charge is 0.124 e. The number of nitrogens with one attached hydrogen (secondary N) is 1. The van der Waals surface area contributed by atoms with Crippen molar-refractivity contribution in [3.05, 3.63) is 52.0 Å². The van der Waals surface area contributed by atoms with Gasteiger partial charge in [0.05, 0.1) is 30.5 Å². The van der Waals surface area contributed by atoms with Crippen LogP contribution in [0.5, 0.6) is 5.75 Å². The first kappa shape index (κ1) is 19.2. The summed E-state index contributed by atoms with van der Waals surface area (Å²) in [4.78, 5) is 2.25. The molecule has 1 saturated heterocycles. The van der Waals surface area contributed by atoms with E-state index in [1.807, 2.05) is 30.3 Å². The molecule has 2 aromatic carbocycles. The first-order chi connectivity index (χ1) is 12.7. The van der Waals surface area contributed by atoms with Crippen molar-refractivity contribution in [2.24, 2.45) is 0 Å². The first-order valence-corrected chi connectivity index (χ1v) is 9.70. The molecule has 0 spiro atoms. The predicted molar refractivity (Wildman–Crippen MR) is 109 cm³/mol. The summed E-state index contributed by atoms with van der Waals surface area (Å²) in [7, 11) is 0. The number of hydrogen-bond donors (Lipinski definition) is 1. The molecule has 3 rings (SSSR count). The van der Waals surface area contributed by atoms with Crippen molar-refractivity contribution < 1.29 is 9.47 Å². The Kier molecular flexibility index (Phi) is 6.89. The number of halogens is 2. The highest BCUT2D eigenvalue weighted by Gasteiger charge is 2.14. The summed E-state index contributed by atoms with van der Waals surface area (Å²) in [5.41, 5.74) is 3.04. The summed E-state index contributed by atoms with van der Waals surface area (Å²) >= 11 is 12.6. The first-order valence-electron chi connectivity index (χ1n) is 8.94. The highest BCUT2D eigenvalue weighted by Crippen LogP contribution is 2.30. The number of benzene rings is 2. The molecule has 1 fully saturated rings. The molecular weight excluding hydrogens is 371 g/mol. The van der Waals surface area contributed by atoms with E-state index in [4.69, 9.17) is 32.7 Å². The van der Waals surface area contributed by atoms with Crippen LogP contribution in [0.3, 0.4) is 0 Å². The zero-order valence-corrected chi connectivity index (χ0v) is 16.4. The molecule has 2 aromatic rings. The lowest BCUT2D eigenvalue weighted by atomic mass is 10.2. The summed E-state index contributed by atoms with van der Waals surface area (Å²) in [5, 5.41) is 4.85. The van der Waals surface area contributed by atoms with Gasteiger partial charge in [0, 0.05) is 35.9 Å². The Morgan fingerprint density at radius 2 is 1.92 bits per heavy atom. The number of nitrogens with zero attached hydrogens (tertiary/aromatic N) is 1. The van der Waals surface area contributed by atoms with Gasteiger partial charge in [-0.2, -0.15) is 0 Å². The van der Waals surface area contributed by atoms with E-state index in [1.54, 1.807) is 0 Å². The topological polar surface area (TPSA) is 33.7 Å². The van der Waals surface area contributed by atoms with Crippen LogP contribution in [0, 0.1) is 0 Å². The molecule has 0 amide bonds. The number of anilines is 2. The summed E-state index contributed by atoms with van der Waals surface area (Å²) in [6.07, 6.45) is 0.966. The van der Waals surface area contributed by atoms with Crippen molar-refractivity contribution in [2.45, 2.75) is 19.9 Å². The summed E-state index contributed by atoms with van der Waals surface area (Å²) < 4.78 is 11.2. The van der Waals surface area contributed by atoms with Crippen LogP contribution in [0.25, 0.3) is 0 Å². The average molecular weight is 395 g/mol. The fraction of sp³-hybridized carbons (Fsp3) is 0.400. The number of rotatable bonds is 7. The van der Waals surface area contributed by atoms with Crippen LogP contribution < -0.4 is 15.0 Å². The van der Waals surface area contributed by atoms with Gasteiger partial charge in [-0.15, -0.1) is 0 Å². The second-order valence-corrected chi connectivity index (χ2v) is 7.06. The molecule has 1 aliphatic heterocycles. The Morgan fingerprint density at radius 1 is 1.12 bits per heavy atom. The molecule has 140 valence electrons. The molecule has 1 heterocycles. The quantitative estimate of drug-likeness (QED) is 0.696. The van der Waals surface area contributed by atoms with Crippen molar-refractivity contribution in [2.75, 3.05) is 43.1 Å². The summed E-state index contributed by atoms with van der Waals surface area (Å²) in [6, 6.07) is 11.8. The molecule has 0 atom stereocenters. The van der Waals surface area contributed by atoms with Crippen LogP contribution in [-0.2, 0) is 11.3 Å². The van der Waals surface area contributed by atoms with Gasteiger partial charge in [-0.25, -0.2) is 0 Å². The minimum absolute atomic E-state index is 0.618. The third kappa shape index (κ3) is 4.97. The maximum absolute atomic E-state index is 6.50. The Bertz CT molecular complexity index is 734. The second-order valence-electron chi connectivity index (χ2n) is 6.22. The van der Waals surface area contributed by atoms with Crippen molar-refractivity contribution >= 4 is 34.6 Å². The van der Waals surface area contributed by atoms with Gasteiger partial charge < -0.3 is 19.7 Å². The van der Waals surface area contributed by atoms with Crippen LogP contribution in [-0.4, -0.2) is 32.9 Å². The van der Waals surface area contributed by atoms with Crippen molar-refractivity contribution in [3.63, 3.8) is 0 Å². The van der Waals surface area contributed by atoms with E-state index in [0.29, 0.717) is 18.2 Å². The van der Waals surface area contributed by atoms with Gasteiger partial charge in [-0.05, 0) is 42.8 Å². The molecule has 0 aromatic heterocycles. The van der Waals surface area contributed by atoms with Crippen LogP contribution in [0.4, 0.5) is 11.4 Å². The molecular formula is C20H24Cl2N2O2. The molecule has 26 heavy (non-hydrogen) atoms. The van der Waals surface area contributed by atoms with Crippen LogP contribution >= 0.6 is 23.2 Å². The summed E-state index contributed by atoms with van der Waals surface area (Å²) in [5.74, 6) is 0.861. The van der Waals surface area contributed by atoms with E-state index in [9.17, 15) is 0 Å². The molecule has 6 heteroatoms. The number of hydrogen-bond acceptors (Lipinski definition) is 4. The largest absolute Gasteiger partial charge is 0.493 e. The van der Waals surface area contributed by atoms with Crippen LogP contribution in [0.1, 0.15) is 18.9 Å². The Hall–Kier alpha value is -1.62. The van der Waals surface area contributed by atoms with E-state index < -0.39 is 0 Å². The molecule has 1 aliphatic rings. The van der Waals surface area contributed by atoms with E-state index in [-0.39, 0.29) is 0 Å². The minimum Gasteiger partial charge on any atom is -0.493 e. The lowest BCUT2D eigenvalue weighted by Crippen LogP contribution is -2.36.